The van der Waals surface area contributed by atoms with Gasteiger partial charge in [-0.2, -0.15) is 18.3 Å². The molecule has 3 rings (SSSR count). The van der Waals surface area contributed by atoms with Crippen LogP contribution < -0.4 is 5.32 Å². The van der Waals surface area contributed by atoms with E-state index in [2.05, 4.69) is 20.4 Å². The molecule has 1 N–H and O–H groups in total. The number of hydrogen-bond donors (Lipinski definition) is 1. The summed E-state index contributed by atoms with van der Waals surface area (Å²) in [6.07, 6.45) is -3.36. The summed E-state index contributed by atoms with van der Waals surface area (Å²) < 4.78 is 39.7. The Morgan fingerprint density at radius 2 is 2.00 bits per heavy atom. The van der Waals surface area contributed by atoms with E-state index in [1.807, 2.05) is 0 Å². The average molecular weight is 436 g/mol. The second kappa shape index (κ2) is 8.66. The minimum atomic E-state index is -4.53. The highest BCUT2D eigenvalue weighted by molar-refractivity contribution is 6.30. The maximum Gasteiger partial charge on any atom is 0.433 e. The van der Waals surface area contributed by atoms with Gasteiger partial charge in [-0.25, -0.2) is 4.99 Å². The van der Waals surface area contributed by atoms with E-state index in [1.165, 1.54) is 10.7 Å². The Kier molecular flexibility index (Phi) is 6.21. The van der Waals surface area contributed by atoms with Gasteiger partial charge in [-0.3, -0.25) is 14.5 Å². The number of aliphatic imine (C=N–C) groups is 1. The molecule has 0 aliphatic rings. The number of nitrogens with one attached hydrogen (secondary N) is 1. The highest BCUT2D eigenvalue weighted by Crippen LogP contribution is 2.27. The van der Waals surface area contributed by atoms with Crippen LogP contribution in [0.4, 0.5) is 18.9 Å². The monoisotopic (exact) mass is 435 g/mol. The summed E-state index contributed by atoms with van der Waals surface area (Å²) in [4.78, 5) is 20.5. The van der Waals surface area contributed by atoms with Gasteiger partial charge in [0.25, 0.3) is 5.91 Å². The lowest BCUT2D eigenvalue weighted by Crippen LogP contribution is -2.33. The molecule has 0 aliphatic heterocycles. The summed E-state index contributed by atoms with van der Waals surface area (Å²) in [6.45, 7) is 1.76. The van der Waals surface area contributed by atoms with E-state index in [0.717, 1.165) is 12.3 Å². The standard InChI is InChI=1S/C20H17ClF3N5O/c1-12-8-16(29(2)28-12)19(30)27-18(26-15-5-3-4-14(21)10-15)9-13-6-7-17(25-11-13)20(22,23)24/h3-8,10-11H,9H2,1-2H3,(H,26,27,30). The van der Waals surface area contributed by atoms with Gasteiger partial charge in [0.1, 0.15) is 17.2 Å². The number of carbonyl (C=O) groups excluding carboxylic acids is 1. The highest BCUT2D eigenvalue weighted by Gasteiger charge is 2.32. The molecule has 6 nitrogen and oxygen atoms in total. The van der Waals surface area contributed by atoms with E-state index in [4.69, 9.17) is 11.6 Å². The Balaban J connectivity index is 1.89. The van der Waals surface area contributed by atoms with Crippen LogP contribution in [0.5, 0.6) is 0 Å². The van der Waals surface area contributed by atoms with Gasteiger partial charge in [0.2, 0.25) is 0 Å². The number of amidine groups is 1. The van der Waals surface area contributed by atoms with Crippen LogP contribution in [0.25, 0.3) is 0 Å². The minimum absolute atomic E-state index is 0.0558. The van der Waals surface area contributed by atoms with E-state index in [9.17, 15) is 18.0 Å². The molecule has 156 valence electrons. The number of pyridine rings is 1. The lowest BCUT2D eigenvalue weighted by Gasteiger charge is -2.11. The van der Waals surface area contributed by atoms with E-state index in [0.29, 0.717) is 27.7 Å². The van der Waals surface area contributed by atoms with Crippen molar-refractivity contribution in [1.29, 1.82) is 0 Å². The Morgan fingerprint density at radius 3 is 2.57 bits per heavy atom. The van der Waals surface area contributed by atoms with Crippen molar-refractivity contribution >= 4 is 29.0 Å². The molecule has 0 fully saturated rings. The zero-order valence-electron chi connectivity index (χ0n) is 16.0. The van der Waals surface area contributed by atoms with Crippen LogP contribution in [0.2, 0.25) is 5.02 Å². The molecule has 0 aliphatic carbocycles. The molecule has 0 saturated carbocycles. The Hall–Kier alpha value is -3.20. The van der Waals surface area contributed by atoms with Crippen LogP contribution in [-0.2, 0) is 19.6 Å². The van der Waals surface area contributed by atoms with Gasteiger partial charge in [0, 0.05) is 24.7 Å². The zero-order valence-corrected chi connectivity index (χ0v) is 16.8. The van der Waals surface area contributed by atoms with E-state index in [-0.39, 0.29) is 12.3 Å². The first-order valence-corrected chi connectivity index (χ1v) is 9.17. The average Bonchev–Trinajstić information content (AvgIpc) is 2.99. The van der Waals surface area contributed by atoms with Gasteiger partial charge < -0.3 is 5.32 Å². The maximum absolute atomic E-state index is 12.7. The molecule has 2 aromatic heterocycles. The summed E-state index contributed by atoms with van der Waals surface area (Å²) in [5.41, 5.74) is 0.929. The first kappa shape index (κ1) is 21.5. The Morgan fingerprint density at radius 1 is 1.23 bits per heavy atom. The fraction of sp³-hybridized carbons (Fsp3) is 0.200. The molecule has 2 heterocycles. The number of halogens is 4. The van der Waals surface area contributed by atoms with Gasteiger partial charge in [0.15, 0.2) is 0 Å². The van der Waals surface area contributed by atoms with Crippen molar-refractivity contribution in [2.75, 3.05) is 0 Å². The number of amides is 1. The maximum atomic E-state index is 12.7. The molecule has 0 bridgehead atoms. The van der Waals surface area contributed by atoms with Gasteiger partial charge >= 0.3 is 6.18 Å². The van der Waals surface area contributed by atoms with Gasteiger partial charge in [-0.15, -0.1) is 0 Å². The summed E-state index contributed by atoms with van der Waals surface area (Å²) in [7, 11) is 1.63. The normalized spacial score (nSPS) is 12.1. The van der Waals surface area contributed by atoms with Crippen molar-refractivity contribution in [3.05, 3.63) is 76.3 Å². The minimum Gasteiger partial charge on any atom is -0.308 e. The number of rotatable bonds is 4. The van der Waals surface area contributed by atoms with Gasteiger partial charge in [0.05, 0.1) is 11.4 Å². The number of carbonyl (C=O) groups is 1. The van der Waals surface area contributed by atoms with Crippen LogP contribution in [0, 0.1) is 6.92 Å². The molecule has 10 heteroatoms. The van der Waals surface area contributed by atoms with Crippen LogP contribution in [0.15, 0.2) is 53.7 Å². The molecule has 30 heavy (non-hydrogen) atoms. The molecular formula is C20H17ClF3N5O. The molecule has 0 atom stereocenters. The third kappa shape index (κ3) is 5.44. The Bertz CT molecular complexity index is 1090. The van der Waals surface area contributed by atoms with Crippen molar-refractivity contribution in [3.63, 3.8) is 0 Å². The summed E-state index contributed by atoms with van der Waals surface area (Å²) in [6, 6.07) is 10.5. The van der Waals surface area contributed by atoms with Crippen molar-refractivity contribution in [1.82, 2.24) is 20.1 Å². The van der Waals surface area contributed by atoms with E-state index < -0.39 is 17.8 Å². The van der Waals surface area contributed by atoms with E-state index >= 15 is 0 Å². The number of aromatic nitrogens is 3. The van der Waals surface area contributed by atoms with Crippen molar-refractivity contribution in [3.8, 4) is 0 Å². The molecular weight excluding hydrogens is 419 g/mol. The topological polar surface area (TPSA) is 72.2 Å². The number of alkyl halides is 3. The number of benzene rings is 1. The summed E-state index contributed by atoms with van der Waals surface area (Å²) in [5.74, 6) is -0.221. The molecule has 3 aromatic rings. The van der Waals surface area contributed by atoms with E-state index in [1.54, 1.807) is 44.3 Å². The molecule has 1 amide bonds. The smallest absolute Gasteiger partial charge is 0.308 e. The zero-order chi connectivity index (χ0) is 21.9. The highest BCUT2D eigenvalue weighted by atomic mass is 35.5. The Labute approximate surface area is 175 Å². The summed E-state index contributed by atoms with van der Waals surface area (Å²) >= 11 is 5.99. The van der Waals surface area contributed by atoms with Crippen molar-refractivity contribution in [2.45, 2.75) is 19.5 Å². The predicted octanol–water partition coefficient (Wildman–Crippen LogP) is 4.50. The molecule has 0 unspecified atom stereocenters. The second-order valence-electron chi connectivity index (χ2n) is 6.51. The quantitative estimate of drug-likeness (QED) is 0.484. The fourth-order valence-corrected chi connectivity index (χ4v) is 2.91. The van der Waals surface area contributed by atoms with Crippen molar-refractivity contribution in [2.24, 2.45) is 12.0 Å². The van der Waals surface area contributed by atoms with Crippen LogP contribution in [-0.4, -0.2) is 26.5 Å². The molecule has 0 saturated heterocycles. The van der Waals surface area contributed by atoms with Gasteiger partial charge in [-0.05, 0) is 42.8 Å². The lowest BCUT2D eigenvalue weighted by molar-refractivity contribution is -0.141. The number of hydrogen-bond acceptors (Lipinski definition) is 4. The third-order valence-corrected chi connectivity index (χ3v) is 4.29. The van der Waals surface area contributed by atoms with Crippen LogP contribution >= 0.6 is 11.6 Å². The largest absolute Gasteiger partial charge is 0.433 e. The SMILES string of the molecule is Cc1cc(C(=O)NC(Cc2ccc(C(F)(F)F)nc2)=Nc2cccc(Cl)c2)n(C)n1. The summed E-state index contributed by atoms with van der Waals surface area (Å²) in [5, 5.41) is 7.30. The first-order chi connectivity index (χ1) is 14.1. The number of aryl methyl sites for hydroxylation is 2. The fourth-order valence-electron chi connectivity index (χ4n) is 2.72. The molecule has 0 spiro atoms. The van der Waals surface area contributed by atoms with Gasteiger partial charge in [-0.1, -0.05) is 23.7 Å². The molecule has 1 aromatic carbocycles. The first-order valence-electron chi connectivity index (χ1n) is 8.79. The second-order valence-corrected chi connectivity index (χ2v) is 6.95. The molecule has 0 radical (unpaired) electrons. The third-order valence-electron chi connectivity index (χ3n) is 4.05. The number of nitrogens with zero attached hydrogens (tertiary/aromatic N) is 4. The lowest BCUT2D eigenvalue weighted by atomic mass is 10.1. The van der Waals surface area contributed by atoms with Crippen molar-refractivity contribution < 1.29 is 18.0 Å². The van der Waals surface area contributed by atoms with Crippen LogP contribution in [0.3, 0.4) is 0 Å². The predicted molar refractivity (Wildman–Crippen MR) is 107 cm³/mol. The van der Waals surface area contributed by atoms with Crippen LogP contribution in [0.1, 0.15) is 27.4 Å².